The number of aryl methyl sites for hydroxylation is 3. The van der Waals surface area contributed by atoms with Crippen LogP contribution in [0.1, 0.15) is 35.2 Å². The number of ether oxygens (including phenoxy) is 1. The lowest BCUT2D eigenvalue weighted by Crippen LogP contribution is -2.38. The largest absolute Gasteiger partial charge is 0.492 e. The highest BCUT2D eigenvalue weighted by molar-refractivity contribution is 5.98. The van der Waals surface area contributed by atoms with E-state index in [4.69, 9.17) is 4.74 Å². The monoisotopic (exact) mass is 445 g/mol. The van der Waals surface area contributed by atoms with E-state index in [1.54, 1.807) is 6.07 Å². The highest BCUT2D eigenvalue weighted by atomic mass is 16.5. The molecule has 0 aliphatic carbocycles. The molecule has 0 heterocycles. The lowest BCUT2D eigenvalue weighted by molar-refractivity contribution is -0.119. The second kappa shape index (κ2) is 11.3. The van der Waals surface area contributed by atoms with Crippen LogP contribution in [-0.2, 0) is 9.59 Å². The van der Waals surface area contributed by atoms with Crippen molar-refractivity contribution in [2.75, 3.05) is 23.8 Å². The molecule has 0 bridgehead atoms. The molecule has 0 unspecified atom stereocenters. The number of amides is 2. The maximum absolute atomic E-state index is 13.2. The first-order valence-corrected chi connectivity index (χ1v) is 11.1. The van der Waals surface area contributed by atoms with Gasteiger partial charge < -0.3 is 15.4 Å². The fraction of sp³-hybridized carbons (Fsp3) is 0.259. The van der Waals surface area contributed by atoms with Crippen LogP contribution in [0.4, 0.5) is 11.4 Å². The predicted octanol–water partition coefficient (Wildman–Crippen LogP) is 4.92. The van der Waals surface area contributed by atoms with Crippen LogP contribution >= 0.6 is 0 Å². The summed E-state index contributed by atoms with van der Waals surface area (Å²) in [6.45, 7) is 8.33. The zero-order chi connectivity index (χ0) is 23.8. The molecule has 0 spiro atoms. The van der Waals surface area contributed by atoms with Crippen molar-refractivity contribution in [3.8, 4) is 5.75 Å². The molecule has 2 amide bonds. The predicted molar refractivity (Wildman–Crippen MR) is 133 cm³/mol. The molecule has 0 fully saturated rings. The van der Waals surface area contributed by atoms with Crippen LogP contribution in [0, 0.1) is 20.8 Å². The zero-order valence-corrected chi connectivity index (χ0v) is 19.6. The van der Waals surface area contributed by atoms with Gasteiger partial charge in [0.25, 0.3) is 0 Å². The van der Waals surface area contributed by atoms with E-state index in [9.17, 15) is 9.59 Å². The van der Waals surface area contributed by atoms with Gasteiger partial charge in [0, 0.05) is 5.69 Å². The molecule has 0 aromatic heterocycles. The normalized spacial score (nSPS) is 11.5. The van der Waals surface area contributed by atoms with Gasteiger partial charge in [0.05, 0.1) is 18.8 Å². The van der Waals surface area contributed by atoms with E-state index in [0.717, 1.165) is 27.9 Å². The third kappa shape index (κ3) is 6.43. The van der Waals surface area contributed by atoms with Gasteiger partial charge in [-0.15, -0.1) is 0 Å². The minimum Gasteiger partial charge on any atom is -0.492 e. The van der Waals surface area contributed by atoms with Crippen molar-refractivity contribution in [3.63, 3.8) is 0 Å². The second-order valence-corrected chi connectivity index (χ2v) is 7.96. The molecule has 1 atom stereocenters. The Kier molecular flexibility index (Phi) is 8.22. The van der Waals surface area contributed by atoms with Gasteiger partial charge in [-0.3, -0.25) is 14.9 Å². The third-order valence-electron chi connectivity index (χ3n) is 5.25. The number of hydrogen-bond donors (Lipinski definition) is 3. The van der Waals surface area contributed by atoms with Gasteiger partial charge in [-0.2, -0.15) is 0 Å². The Morgan fingerprint density at radius 3 is 2.18 bits per heavy atom. The van der Waals surface area contributed by atoms with Crippen LogP contribution in [-0.4, -0.2) is 25.0 Å². The zero-order valence-electron chi connectivity index (χ0n) is 19.6. The molecule has 6 heteroatoms. The molecule has 3 N–H and O–H groups in total. The standard InChI is InChI=1S/C27H31N3O3/c1-5-33-23-14-10-9-13-22(23)29-27(32)26(21-11-7-6-8-12-21)28-17-24(31)30-25-19(3)15-18(2)16-20(25)4/h6-16,26,28H,5,17H2,1-4H3,(H,29,32)(H,30,31)/t26-/m1/s1. The highest BCUT2D eigenvalue weighted by Gasteiger charge is 2.22. The van der Waals surface area contributed by atoms with E-state index in [1.165, 1.54) is 0 Å². The van der Waals surface area contributed by atoms with Crippen molar-refractivity contribution in [2.24, 2.45) is 0 Å². The minimum atomic E-state index is -0.716. The Morgan fingerprint density at radius 2 is 1.52 bits per heavy atom. The number of hydrogen-bond acceptors (Lipinski definition) is 4. The SMILES string of the molecule is CCOc1ccccc1NC(=O)[C@H](NCC(=O)Nc1c(C)cc(C)cc1C)c1ccccc1. The van der Waals surface area contributed by atoms with Crippen molar-refractivity contribution >= 4 is 23.2 Å². The summed E-state index contributed by atoms with van der Waals surface area (Å²) in [7, 11) is 0. The topological polar surface area (TPSA) is 79.5 Å². The van der Waals surface area contributed by atoms with Crippen LogP contribution in [0.25, 0.3) is 0 Å². The summed E-state index contributed by atoms with van der Waals surface area (Å²) >= 11 is 0. The quantitative estimate of drug-likeness (QED) is 0.437. The molecule has 3 rings (SSSR count). The maximum Gasteiger partial charge on any atom is 0.246 e. The Morgan fingerprint density at radius 1 is 0.879 bits per heavy atom. The van der Waals surface area contributed by atoms with Gasteiger partial charge in [-0.1, -0.05) is 60.2 Å². The molecule has 3 aromatic rings. The number of anilines is 2. The molecule has 3 aromatic carbocycles. The van der Waals surface area contributed by atoms with Crippen LogP contribution < -0.4 is 20.7 Å². The Bertz CT molecular complexity index is 1090. The molecule has 0 aliphatic heterocycles. The molecule has 6 nitrogen and oxygen atoms in total. The maximum atomic E-state index is 13.2. The molecule has 0 radical (unpaired) electrons. The summed E-state index contributed by atoms with van der Waals surface area (Å²) in [6, 6.07) is 20.0. The van der Waals surface area contributed by atoms with Crippen molar-refractivity contribution in [3.05, 3.63) is 89.0 Å². The van der Waals surface area contributed by atoms with Gasteiger partial charge in [0.1, 0.15) is 11.8 Å². The number of nitrogens with one attached hydrogen (secondary N) is 3. The third-order valence-corrected chi connectivity index (χ3v) is 5.25. The van der Waals surface area contributed by atoms with E-state index in [1.807, 2.05) is 88.4 Å². The molecular formula is C27H31N3O3. The summed E-state index contributed by atoms with van der Waals surface area (Å²) in [5, 5.41) is 9.02. The van der Waals surface area contributed by atoms with Crippen LogP contribution in [0.2, 0.25) is 0 Å². The van der Waals surface area contributed by atoms with E-state index >= 15 is 0 Å². The minimum absolute atomic E-state index is 0.0210. The van der Waals surface area contributed by atoms with Gasteiger partial charge in [0.15, 0.2) is 0 Å². The van der Waals surface area contributed by atoms with E-state index in [2.05, 4.69) is 16.0 Å². The number of carbonyl (C=O) groups is 2. The molecule has 0 aliphatic rings. The number of benzene rings is 3. The summed E-state index contributed by atoms with van der Waals surface area (Å²) in [5.74, 6) is 0.112. The number of rotatable bonds is 9. The Hall–Kier alpha value is -3.64. The lowest BCUT2D eigenvalue weighted by Gasteiger charge is -2.20. The fourth-order valence-corrected chi connectivity index (χ4v) is 3.82. The molecule has 172 valence electrons. The van der Waals surface area contributed by atoms with Crippen molar-refractivity contribution in [2.45, 2.75) is 33.7 Å². The molecule has 33 heavy (non-hydrogen) atoms. The fourth-order valence-electron chi connectivity index (χ4n) is 3.82. The van der Waals surface area contributed by atoms with Crippen LogP contribution in [0.3, 0.4) is 0 Å². The van der Waals surface area contributed by atoms with E-state index in [0.29, 0.717) is 18.0 Å². The van der Waals surface area contributed by atoms with Crippen LogP contribution in [0.5, 0.6) is 5.75 Å². The summed E-state index contributed by atoms with van der Waals surface area (Å²) in [6.07, 6.45) is 0. The van der Waals surface area contributed by atoms with Gasteiger partial charge in [0.2, 0.25) is 11.8 Å². The van der Waals surface area contributed by atoms with Crippen molar-refractivity contribution in [1.29, 1.82) is 0 Å². The lowest BCUT2D eigenvalue weighted by atomic mass is 10.0. The first-order valence-electron chi connectivity index (χ1n) is 11.1. The average molecular weight is 446 g/mol. The highest BCUT2D eigenvalue weighted by Crippen LogP contribution is 2.26. The smallest absolute Gasteiger partial charge is 0.246 e. The number of carbonyl (C=O) groups excluding carboxylic acids is 2. The first-order chi connectivity index (χ1) is 15.9. The van der Waals surface area contributed by atoms with Gasteiger partial charge >= 0.3 is 0 Å². The van der Waals surface area contributed by atoms with E-state index < -0.39 is 6.04 Å². The molecule has 0 saturated heterocycles. The Balaban J connectivity index is 1.74. The number of para-hydroxylation sites is 2. The molecular weight excluding hydrogens is 414 g/mol. The van der Waals surface area contributed by atoms with Crippen LogP contribution in [0.15, 0.2) is 66.7 Å². The van der Waals surface area contributed by atoms with Gasteiger partial charge in [-0.05, 0) is 56.5 Å². The molecule has 0 saturated carbocycles. The average Bonchev–Trinajstić information content (AvgIpc) is 2.78. The first kappa shape index (κ1) is 24.0. The Labute approximate surface area is 195 Å². The van der Waals surface area contributed by atoms with Crippen molar-refractivity contribution in [1.82, 2.24) is 5.32 Å². The van der Waals surface area contributed by atoms with E-state index in [-0.39, 0.29) is 18.4 Å². The summed E-state index contributed by atoms with van der Waals surface area (Å²) in [5.41, 5.74) is 5.31. The summed E-state index contributed by atoms with van der Waals surface area (Å²) in [4.78, 5) is 26.0. The van der Waals surface area contributed by atoms with Crippen molar-refractivity contribution < 1.29 is 14.3 Å². The summed E-state index contributed by atoms with van der Waals surface area (Å²) < 4.78 is 5.62. The second-order valence-electron chi connectivity index (χ2n) is 7.96. The van der Waals surface area contributed by atoms with Gasteiger partial charge in [-0.25, -0.2) is 0 Å².